The maximum Gasteiger partial charge on any atom is 0.0537 e. The van der Waals surface area contributed by atoms with Crippen LogP contribution in [0.1, 0.15) is 32.0 Å². The second kappa shape index (κ2) is 11.3. The van der Waals surface area contributed by atoms with Crippen LogP contribution >= 0.6 is 0 Å². The van der Waals surface area contributed by atoms with Gasteiger partial charge in [0, 0.05) is 22.3 Å². The first kappa shape index (κ1) is 26.3. The smallest absolute Gasteiger partial charge is 0.0537 e. The standard InChI is InChI=1S/C38H29N.C2H6/c1-3-13-30-26(2)39(36-21-12-11-16-31(30)36)29-24-22-28(23-25-29)38-34-19-9-7-17-32(34)37(27-14-5-4-6-15-27)33-18-8-10-20-35(33)38;1-2/h3-25H,1-2H3;1-2H3/b13-3-;. The van der Waals surface area contributed by atoms with Crippen LogP contribution in [0.3, 0.4) is 0 Å². The lowest BCUT2D eigenvalue weighted by Crippen LogP contribution is -1.97. The third-order valence-electron chi connectivity index (χ3n) is 7.90. The number of para-hydroxylation sites is 1. The van der Waals surface area contributed by atoms with Crippen LogP contribution in [0, 0.1) is 6.92 Å². The summed E-state index contributed by atoms with van der Waals surface area (Å²) in [7, 11) is 0. The van der Waals surface area contributed by atoms with Gasteiger partial charge in [0.05, 0.1) is 5.52 Å². The predicted molar refractivity (Wildman–Crippen MR) is 180 cm³/mol. The Balaban J connectivity index is 0.00000148. The topological polar surface area (TPSA) is 4.93 Å². The van der Waals surface area contributed by atoms with Crippen LogP contribution in [-0.4, -0.2) is 4.57 Å². The molecule has 1 nitrogen and oxygen atoms in total. The van der Waals surface area contributed by atoms with Gasteiger partial charge in [-0.25, -0.2) is 0 Å². The van der Waals surface area contributed by atoms with Gasteiger partial charge in [-0.1, -0.05) is 135 Å². The highest BCUT2D eigenvalue weighted by molar-refractivity contribution is 6.21. The van der Waals surface area contributed by atoms with Crippen molar-refractivity contribution < 1.29 is 0 Å². The lowest BCUT2D eigenvalue weighted by molar-refractivity contribution is 1.05. The number of allylic oxidation sites excluding steroid dienone is 1. The summed E-state index contributed by atoms with van der Waals surface area (Å²) < 4.78 is 2.38. The lowest BCUT2D eigenvalue weighted by atomic mass is 9.86. The van der Waals surface area contributed by atoms with Crippen molar-refractivity contribution in [1.29, 1.82) is 0 Å². The zero-order chi connectivity index (χ0) is 28.3. The minimum absolute atomic E-state index is 1.18. The predicted octanol–water partition coefficient (Wildman–Crippen LogP) is 11.6. The van der Waals surface area contributed by atoms with Crippen molar-refractivity contribution in [3.63, 3.8) is 0 Å². The van der Waals surface area contributed by atoms with Gasteiger partial charge in [0.1, 0.15) is 0 Å². The quantitative estimate of drug-likeness (QED) is 0.200. The molecule has 0 aliphatic carbocycles. The molecule has 0 aliphatic heterocycles. The van der Waals surface area contributed by atoms with Crippen molar-refractivity contribution in [2.45, 2.75) is 27.7 Å². The van der Waals surface area contributed by atoms with E-state index in [1.165, 1.54) is 71.6 Å². The Morgan fingerprint density at radius 3 is 1.44 bits per heavy atom. The van der Waals surface area contributed by atoms with Gasteiger partial charge in [0.2, 0.25) is 0 Å². The lowest BCUT2D eigenvalue weighted by Gasteiger charge is -2.18. The molecule has 0 unspecified atom stereocenters. The fraction of sp³-hybridized carbons (Fsp3) is 0.100. The summed E-state index contributed by atoms with van der Waals surface area (Å²) in [5, 5.41) is 6.40. The molecule has 0 bridgehead atoms. The maximum atomic E-state index is 2.38. The average Bonchev–Trinajstić information content (AvgIpc) is 3.32. The number of aromatic nitrogens is 1. The SMILES string of the molecule is C/C=C\c1c(C)n(-c2ccc(-c3c4ccccc4c(-c4ccccc4)c4ccccc34)cc2)c2ccccc12.CC. The fourth-order valence-corrected chi connectivity index (χ4v) is 6.23. The van der Waals surface area contributed by atoms with Gasteiger partial charge in [0.15, 0.2) is 0 Å². The summed E-state index contributed by atoms with van der Waals surface area (Å²) in [6, 6.07) is 46.2. The molecule has 1 heteroatoms. The van der Waals surface area contributed by atoms with E-state index in [4.69, 9.17) is 0 Å². The van der Waals surface area contributed by atoms with Gasteiger partial charge < -0.3 is 4.57 Å². The summed E-state index contributed by atoms with van der Waals surface area (Å²) in [5.41, 5.74) is 10.0. The van der Waals surface area contributed by atoms with Gasteiger partial charge in [-0.15, -0.1) is 0 Å². The average molecular weight is 530 g/mol. The Kier molecular flexibility index (Phi) is 7.27. The van der Waals surface area contributed by atoms with Gasteiger partial charge >= 0.3 is 0 Å². The molecule has 0 amide bonds. The normalized spacial score (nSPS) is 11.3. The molecule has 0 atom stereocenters. The summed E-state index contributed by atoms with van der Waals surface area (Å²) in [4.78, 5) is 0. The van der Waals surface area contributed by atoms with Crippen molar-refractivity contribution in [2.75, 3.05) is 0 Å². The fourth-order valence-electron chi connectivity index (χ4n) is 6.23. The molecule has 0 fully saturated rings. The van der Waals surface area contributed by atoms with Gasteiger partial charge in [-0.2, -0.15) is 0 Å². The van der Waals surface area contributed by atoms with Crippen molar-refractivity contribution in [3.8, 4) is 27.9 Å². The Labute approximate surface area is 243 Å². The number of hydrogen-bond donors (Lipinski definition) is 0. The largest absolute Gasteiger partial charge is 0.313 e. The molecule has 200 valence electrons. The zero-order valence-electron chi connectivity index (χ0n) is 24.2. The van der Waals surface area contributed by atoms with Crippen LogP contribution in [0.2, 0.25) is 0 Å². The molecule has 6 aromatic carbocycles. The molecular formula is C40H35N. The first-order valence-corrected chi connectivity index (χ1v) is 14.6. The number of fused-ring (bicyclic) bond motifs is 3. The summed E-state index contributed by atoms with van der Waals surface area (Å²) in [5.74, 6) is 0. The number of nitrogens with zero attached hydrogens (tertiary/aromatic N) is 1. The van der Waals surface area contributed by atoms with Crippen LogP contribution in [0.25, 0.3) is 66.5 Å². The molecule has 0 aliphatic rings. The van der Waals surface area contributed by atoms with E-state index in [0.29, 0.717) is 0 Å². The van der Waals surface area contributed by atoms with Gasteiger partial charge in [-0.3, -0.25) is 0 Å². The van der Waals surface area contributed by atoms with E-state index in [1.54, 1.807) is 0 Å². The molecule has 1 aromatic heterocycles. The second-order valence-corrected chi connectivity index (χ2v) is 10.1. The minimum atomic E-state index is 1.18. The first-order valence-electron chi connectivity index (χ1n) is 14.6. The molecule has 0 saturated carbocycles. The Morgan fingerprint density at radius 1 is 0.488 bits per heavy atom. The maximum absolute atomic E-state index is 2.38. The minimum Gasteiger partial charge on any atom is -0.313 e. The molecule has 0 saturated heterocycles. The van der Waals surface area contributed by atoms with E-state index in [-0.39, 0.29) is 0 Å². The third kappa shape index (κ3) is 4.44. The Morgan fingerprint density at radius 2 is 0.927 bits per heavy atom. The van der Waals surface area contributed by atoms with E-state index < -0.39 is 0 Å². The van der Waals surface area contributed by atoms with Gasteiger partial charge in [-0.05, 0) is 75.8 Å². The van der Waals surface area contributed by atoms with E-state index in [0.717, 1.165) is 0 Å². The molecule has 7 aromatic rings. The van der Waals surface area contributed by atoms with Crippen LogP contribution in [-0.2, 0) is 0 Å². The van der Waals surface area contributed by atoms with Crippen LogP contribution in [0.15, 0.2) is 133 Å². The molecule has 41 heavy (non-hydrogen) atoms. The van der Waals surface area contributed by atoms with Crippen LogP contribution in [0.4, 0.5) is 0 Å². The van der Waals surface area contributed by atoms with Crippen molar-refractivity contribution in [2.24, 2.45) is 0 Å². The third-order valence-corrected chi connectivity index (χ3v) is 7.90. The highest BCUT2D eigenvalue weighted by atomic mass is 15.0. The van der Waals surface area contributed by atoms with Crippen molar-refractivity contribution in [3.05, 3.63) is 145 Å². The van der Waals surface area contributed by atoms with Crippen LogP contribution < -0.4 is 0 Å². The Hall–Kier alpha value is -4.88. The molecule has 0 radical (unpaired) electrons. The molecule has 1 heterocycles. The van der Waals surface area contributed by atoms with E-state index in [1.807, 2.05) is 13.8 Å². The first-order chi connectivity index (χ1) is 20.3. The number of benzene rings is 6. The van der Waals surface area contributed by atoms with E-state index in [9.17, 15) is 0 Å². The van der Waals surface area contributed by atoms with Crippen molar-refractivity contribution in [1.82, 2.24) is 4.57 Å². The number of rotatable bonds is 4. The highest BCUT2D eigenvalue weighted by Crippen LogP contribution is 2.43. The second-order valence-electron chi connectivity index (χ2n) is 10.1. The van der Waals surface area contributed by atoms with E-state index in [2.05, 4.69) is 158 Å². The van der Waals surface area contributed by atoms with Gasteiger partial charge in [0.25, 0.3) is 0 Å². The number of hydrogen-bond acceptors (Lipinski definition) is 0. The summed E-state index contributed by atoms with van der Waals surface area (Å²) >= 11 is 0. The highest BCUT2D eigenvalue weighted by Gasteiger charge is 2.17. The summed E-state index contributed by atoms with van der Waals surface area (Å²) in [6.07, 6.45) is 4.34. The van der Waals surface area contributed by atoms with E-state index >= 15 is 0 Å². The summed E-state index contributed by atoms with van der Waals surface area (Å²) in [6.45, 7) is 8.30. The molecule has 0 spiro atoms. The van der Waals surface area contributed by atoms with Crippen LogP contribution in [0.5, 0.6) is 0 Å². The van der Waals surface area contributed by atoms with Crippen molar-refractivity contribution >= 4 is 38.5 Å². The zero-order valence-corrected chi connectivity index (χ0v) is 24.2. The molecular weight excluding hydrogens is 494 g/mol. The Bertz CT molecular complexity index is 1950. The monoisotopic (exact) mass is 529 g/mol. The molecule has 0 N–H and O–H groups in total. The molecule has 7 rings (SSSR count).